The van der Waals surface area contributed by atoms with Crippen LogP contribution >= 0.6 is 0 Å². The first-order valence-corrected chi connectivity index (χ1v) is 5.97. The quantitative estimate of drug-likeness (QED) is 0.807. The summed E-state index contributed by atoms with van der Waals surface area (Å²) in [7, 11) is 0. The van der Waals surface area contributed by atoms with Crippen LogP contribution in [0.25, 0.3) is 5.70 Å². The number of carboxylic acid groups (broad SMARTS) is 1. The van der Waals surface area contributed by atoms with Crippen LogP contribution in [-0.4, -0.2) is 28.9 Å². The monoisotopic (exact) mass is 262 g/mol. The lowest BCUT2D eigenvalue weighted by Crippen LogP contribution is -2.23. The van der Waals surface area contributed by atoms with Crippen LogP contribution in [0.1, 0.15) is 24.0 Å². The number of nitrogens with zero attached hydrogens (tertiary/aromatic N) is 1. The van der Waals surface area contributed by atoms with Gasteiger partial charge in [0, 0.05) is 25.2 Å². The molecular formula is C14H18N2O3. The van der Waals surface area contributed by atoms with Crippen LogP contribution in [0.3, 0.4) is 0 Å². The van der Waals surface area contributed by atoms with E-state index in [0.29, 0.717) is 18.7 Å². The highest BCUT2D eigenvalue weighted by molar-refractivity contribution is 5.78. The van der Waals surface area contributed by atoms with Gasteiger partial charge in [-0.05, 0) is 17.5 Å². The van der Waals surface area contributed by atoms with Crippen LogP contribution < -0.4 is 5.73 Å². The average Bonchev–Trinajstić information content (AvgIpc) is 2.77. The van der Waals surface area contributed by atoms with Crippen LogP contribution in [0.15, 0.2) is 30.8 Å². The molecule has 1 amide bonds. The van der Waals surface area contributed by atoms with Crippen molar-refractivity contribution in [1.82, 2.24) is 4.90 Å². The first-order chi connectivity index (χ1) is 9.08. The van der Waals surface area contributed by atoms with Crippen molar-refractivity contribution in [3.63, 3.8) is 0 Å². The molecule has 3 N–H and O–H groups in total. The third kappa shape index (κ3) is 4.46. The summed E-state index contributed by atoms with van der Waals surface area (Å²) in [5.74, 6) is 0.257. The highest BCUT2D eigenvalue weighted by Gasteiger charge is 2.19. The predicted octanol–water partition coefficient (Wildman–Crippen LogP) is 1.44. The largest absolute Gasteiger partial charge is 0.483 e. The molecular weight excluding hydrogens is 244 g/mol. The summed E-state index contributed by atoms with van der Waals surface area (Å²) in [5.41, 5.74) is 8.24. The van der Waals surface area contributed by atoms with E-state index in [0.717, 1.165) is 24.1 Å². The van der Waals surface area contributed by atoms with E-state index < -0.39 is 0 Å². The van der Waals surface area contributed by atoms with Crippen molar-refractivity contribution < 1.29 is 14.7 Å². The summed E-state index contributed by atoms with van der Waals surface area (Å²) >= 11 is 0. The molecule has 0 aromatic heterocycles. The molecule has 5 nitrogen and oxygen atoms in total. The van der Waals surface area contributed by atoms with E-state index in [1.807, 2.05) is 29.2 Å². The van der Waals surface area contributed by atoms with Crippen molar-refractivity contribution in [2.24, 2.45) is 5.73 Å². The highest BCUT2D eigenvalue weighted by Crippen LogP contribution is 2.15. The molecule has 5 heteroatoms. The van der Waals surface area contributed by atoms with Gasteiger partial charge in [-0.1, -0.05) is 30.8 Å². The van der Waals surface area contributed by atoms with Crippen molar-refractivity contribution in [2.45, 2.75) is 19.4 Å². The van der Waals surface area contributed by atoms with Gasteiger partial charge in [-0.2, -0.15) is 0 Å². The van der Waals surface area contributed by atoms with E-state index in [2.05, 4.69) is 6.58 Å². The zero-order valence-corrected chi connectivity index (χ0v) is 10.7. The number of carbonyl (C=O) groups excluding carboxylic acids is 1. The minimum atomic E-state index is -0.250. The molecule has 1 aliphatic heterocycles. The van der Waals surface area contributed by atoms with Crippen molar-refractivity contribution >= 4 is 18.1 Å². The van der Waals surface area contributed by atoms with E-state index in [1.54, 1.807) is 0 Å². The number of amides is 1. The van der Waals surface area contributed by atoms with Crippen LogP contribution in [-0.2, 0) is 16.1 Å². The number of likely N-dealkylation sites (tertiary alicyclic amines) is 1. The van der Waals surface area contributed by atoms with Gasteiger partial charge in [0.25, 0.3) is 6.47 Å². The molecule has 102 valence electrons. The maximum absolute atomic E-state index is 11.4. The Hall–Kier alpha value is -2.30. The molecule has 0 bridgehead atoms. The average molecular weight is 262 g/mol. The number of hydrogen-bond acceptors (Lipinski definition) is 3. The van der Waals surface area contributed by atoms with Crippen molar-refractivity contribution in [1.29, 1.82) is 0 Å². The summed E-state index contributed by atoms with van der Waals surface area (Å²) in [6.07, 6.45) is 1.67. The van der Waals surface area contributed by atoms with Crippen LogP contribution in [0.4, 0.5) is 0 Å². The molecule has 1 fully saturated rings. The van der Waals surface area contributed by atoms with Gasteiger partial charge in [0.05, 0.1) is 0 Å². The molecule has 0 saturated carbocycles. The van der Waals surface area contributed by atoms with Gasteiger partial charge in [-0.25, -0.2) is 0 Å². The van der Waals surface area contributed by atoms with Gasteiger partial charge in [-0.15, -0.1) is 0 Å². The minimum absolute atomic E-state index is 0.250. The normalized spacial score (nSPS) is 13.7. The Kier molecular flexibility index (Phi) is 5.60. The minimum Gasteiger partial charge on any atom is -0.483 e. The fraction of sp³-hybridized carbons (Fsp3) is 0.286. The first kappa shape index (κ1) is 14.8. The molecule has 2 rings (SSSR count). The molecule has 0 radical (unpaired) electrons. The Bertz CT molecular complexity index is 454. The number of nitrogens with two attached hydrogens (primary N) is 1. The Morgan fingerprint density at radius 3 is 2.42 bits per heavy atom. The molecule has 1 aliphatic rings. The Morgan fingerprint density at radius 1 is 1.42 bits per heavy atom. The highest BCUT2D eigenvalue weighted by atomic mass is 16.3. The Labute approximate surface area is 112 Å². The maximum Gasteiger partial charge on any atom is 0.290 e. The third-order valence-electron chi connectivity index (χ3n) is 2.87. The molecule has 1 aromatic carbocycles. The van der Waals surface area contributed by atoms with Crippen LogP contribution in [0.5, 0.6) is 0 Å². The predicted molar refractivity (Wildman–Crippen MR) is 73.0 cm³/mol. The molecule has 1 heterocycles. The van der Waals surface area contributed by atoms with E-state index in [1.165, 1.54) is 0 Å². The lowest BCUT2D eigenvalue weighted by Gasteiger charge is -2.15. The van der Waals surface area contributed by atoms with Gasteiger partial charge in [0.15, 0.2) is 0 Å². The molecule has 0 spiro atoms. The standard InChI is InChI=1S/C13H16N2O.CH2O2/c1-10(14)12-6-4-11(5-7-12)9-15-8-2-3-13(15)16;2-1-3/h4-7H,1-3,8-9,14H2;1H,(H,2,3). The van der Waals surface area contributed by atoms with E-state index in [-0.39, 0.29) is 12.4 Å². The molecule has 0 aliphatic carbocycles. The summed E-state index contributed by atoms with van der Waals surface area (Å²) in [4.78, 5) is 21.7. The summed E-state index contributed by atoms with van der Waals surface area (Å²) in [6, 6.07) is 7.88. The smallest absolute Gasteiger partial charge is 0.290 e. The van der Waals surface area contributed by atoms with Gasteiger partial charge in [-0.3, -0.25) is 9.59 Å². The summed E-state index contributed by atoms with van der Waals surface area (Å²) < 4.78 is 0. The fourth-order valence-electron chi connectivity index (χ4n) is 1.92. The van der Waals surface area contributed by atoms with Gasteiger partial charge in [0.2, 0.25) is 5.91 Å². The topological polar surface area (TPSA) is 83.6 Å². The van der Waals surface area contributed by atoms with Gasteiger partial charge in [0.1, 0.15) is 0 Å². The SMILES string of the molecule is C=C(N)c1ccc(CN2CCCC2=O)cc1.O=CO. The van der Waals surface area contributed by atoms with E-state index >= 15 is 0 Å². The van der Waals surface area contributed by atoms with E-state index in [9.17, 15) is 4.79 Å². The number of carbonyl (C=O) groups is 2. The molecule has 0 unspecified atom stereocenters. The first-order valence-electron chi connectivity index (χ1n) is 5.97. The van der Waals surface area contributed by atoms with Crippen LogP contribution in [0, 0.1) is 0 Å². The summed E-state index contributed by atoms with van der Waals surface area (Å²) in [5, 5.41) is 6.89. The van der Waals surface area contributed by atoms with Gasteiger partial charge >= 0.3 is 0 Å². The second-order valence-corrected chi connectivity index (χ2v) is 4.25. The number of benzene rings is 1. The lowest BCUT2D eigenvalue weighted by molar-refractivity contribution is -0.128. The summed E-state index contributed by atoms with van der Waals surface area (Å²) in [6.45, 7) is 5.02. The molecule has 0 atom stereocenters. The zero-order chi connectivity index (χ0) is 14.3. The lowest BCUT2D eigenvalue weighted by atomic mass is 10.1. The van der Waals surface area contributed by atoms with Crippen LogP contribution in [0.2, 0.25) is 0 Å². The number of hydrogen-bond donors (Lipinski definition) is 2. The molecule has 19 heavy (non-hydrogen) atoms. The zero-order valence-electron chi connectivity index (χ0n) is 10.7. The molecule has 1 saturated heterocycles. The van der Waals surface area contributed by atoms with Gasteiger partial charge < -0.3 is 15.7 Å². The Balaban J connectivity index is 0.000000550. The second kappa shape index (κ2) is 7.20. The Morgan fingerprint density at radius 2 is 2.00 bits per heavy atom. The maximum atomic E-state index is 11.4. The van der Waals surface area contributed by atoms with Crippen molar-refractivity contribution in [3.05, 3.63) is 42.0 Å². The second-order valence-electron chi connectivity index (χ2n) is 4.25. The third-order valence-corrected chi connectivity index (χ3v) is 2.87. The number of rotatable bonds is 3. The van der Waals surface area contributed by atoms with E-state index in [4.69, 9.17) is 15.6 Å². The van der Waals surface area contributed by atoms with Crippen molar-refractivity contribution in [3.8, 4) is 0 Å². The van der Waals surface area contributed by atoms with Crippen molar-refractivity contribution in [2.75, 3.05) is 6.54 Å². The fourth-order valence-corrected chi connectivity index (χ4v) is 1.92. The molecule has 1 aromatic rings.